The number of carbonyl (C=O) groups is 2. The number of hydrogen-bond acceptors (Lipinski definition) is 5. The average Bonchev–Trinajstić information content (AvgIpc) is 3.08. The van der Waals surface area contributed by atoms with Gasteiger partial charge in [-0.05, 0) is 70.6 Å². The molecular weight excluding hydrogens is 598 g/mol. The number of unbranched alkanes of at least 4 members (excludes halogenated alkanes) is 22. The van der Waals surface area contributed by atoms with Crippen molar-refractivity contribution in [1.29, 1.82) is 0 Å². The number of aliphatic hydroxyl groups excluding tert-OH is 2. The van der Waals surface area contributed by atoms with Crippen LogP contribution in [0, 0.1) is 0 Å². The highest BCUT2D eigenvalue weighted by molar-refractivity contribution is 5.76. The van der Waals surface area contributed by atoms with Crippen molar-refractivity contribution < 1.29 is 24.5 Å². The standard InChI is InChI=1S/C42H79NO5/c1-3-5-7-9-11-13-15-20-24-28-32-36-42(47)48-37-33-29-25-21-17-16-19-23-27-31-35-41(46)43-39(38-44)40(45)34-30-26-22-18-14-12-10-8-6-4-2/h9,11,17,21,39-40,44-45H,3-8,10,12-16,18-20,22-38H2,1-2H3,(H,43,46)/b11-9-,21-17-. The van der Waals surface area contributed by atoms with E-state index in [9.17, 15) is 19.8 Å². The fraction of sp³-hybridized carbons (Fsp3) is 0.857. The molecule has 0 aliphatic heterocycles. The molecule has 0 fully saturated rings. The van der Waals surface area contributed by atoms with Crippen molar-refractivity contribution in [2.45, 2.75) is 219 Å². The molecule has 0 aromatic rings. The number of carbonyl (C=O) groups excluding carboxylic acids is 2. The molecule has 0 rings (SSSR count). The molecule has 48 heavy (non-hydrogen) atoms. The van der Waals surface area contributed by atoms with Crippen molar-refractivity contribution in [3.8, 4) is 0 Å². The van der Waals surface area contributed by atoms with Crippen LogP contribution in [0.25, 0.3) is 0 Å². The van der Waals surface area contributed by atoms with Gasteiger partial charge in [-0.15, -0.1) is 0 Å². The number of rotatable bonds is 37. The van der Waals surface area contributed by atoms with Crippen LogP contribution in [0.1, 0.15) is 206 Å². The number of hydrogen-bond donors (Lipinski definition) is 3. The third-order valence-electron chi connectivity index (χ3n) is 9.22. The van der Waals surface area contributed by atoms with Crippen LogP contribution in [0.15, 0.2) is 24.3 Å². The fourth-order valence-electron chi connectivity index (χ4n) is 5.96. The molecule has 0 bridgehead atoms. The van der Waals surface area contributed by atoms with Gasteiger partial charge in [0.25, 0.3) is 0 Å². The second-order valence-corrected chi connectivity index (χ2v) is 14.0. The largest absolute Gasteiger partial charge is 0.466 e. The Labute approximate surface area is 297 Å². The highest BCUT2D eigenvalue weighted by atomic mass is 16.5. The Balaban J connectivity index is 3.56. The lowest BCUT2D eigenvalue weighted by atomic mass is 10.0. The van der Waals surface area contributed by atoms with Gasteiger partial charge in [0.1, 0.15) is 0 Å². The smallest absolute Gasteiger partial charge is 0.305 e. The van der Waals surface area contributed by atoms with Gasteiger partial charge in [-0.3, -0.25) is 9.59 Å². The summed E-state index contributed by atoms with van der Waals surface area (Å²) in [7, 11) is 0. The van der Waals surface area contributed by atoms with Crippen molar-refractivity contribution in [2.24, 2.45) is 0 Å². The lowest BCUT2D eigenvalue weighted by molar-refractivity contribution is -0.143. The molecule has 0 heterocycles. The molecule has 0 saturated carbocycles. The summed E-state index contributed by atoms with van der Waals surface area (Å²) in [5.41, 5.74) is 0. The zero-order valence-electron chi connectivity index (χ0n) is 31.7. The van der Waals surface area contributed by atoms with Crippen LogP contribution < -0.4 is 5.32 Å². The van der Waals surface area contributed by atoms with Crippen LogP contribution in [0.2, 0.25) is 0 Å². The molecule has 0 aromatic heterocycles. The Morgan fingerprint density at radius 1 is 0.562 bits per heavy atom. The number of aliphatic hydroxyl groups is 2. The van der Waals surface area contributed by atoms with E-state index in [1.807, 2.05) is 0 Å². The molecule has 282 valence electrons. The van der Waals surface area contributed by atoms with Gasteiger partial charge in [0.05, 0.1) is 25.4 Å². The highest BCUT2D eigenvalue weighted by Gasteiger charge is 2.20. The van der Waals surface area contributed by atoms with Crippen molar-refractivity contribution in [1.82, 2.24) is 5.32 Å². The Hall–Kier alpha value is -1.66. The van der Waals surface area contributed by atoms with Gasteiger partial charge in [0, 0.05) is 12.8 Å². The summed E-state index contributed by atoms with van der Waals surface area (Å²) in [6.07, 6.45) is 41.3. The number of esters is 1. The Bertz CT molecular complexity index is 752. The maximum Gasteiger partial charge on any atom is 0.305 e. The molecule has 0 aliphatic carbocycles. The second-order valence-electron chi connectivity index (χ2n) is 14.0. The minimum Gasteiger partial charge on any atom is -0.466 e. The van der Waals surface area contributed by atoms with E-state index in [2.05, 4.69) is 43.5 Å². The molecule has 1 amide bonds. The third-order valence-corrected chi connectivity index (χ3v) is 9.22. The summed E-state index contributed by atoms with van der Waals surface area (Å²) in [5.74, 6) is -0.124. The van der Waals surface area contributed by atoms with Crippen molar-refractivity contribution in [2.75, 3.05) is 13.2 Å². The first kappa shape index (κ1) is 46.3. The van der Waals surface area contributed by atoms with Gasteiger partial charge in [-0.2, -0.15) is 0 Å². The normalized spacial score (nSPS) is 13.0. The van der Waals surface area contributed by atoms with Crippen molar-refractivity contribution >= 4 is 11.9 Å². The summed E-state index contributed by atoms with van der Waals surface area (Å²) in [6.45, 7) is 4.78. The van der Waals surface area contributed by atoms with E-state index >= 15 is 0 Å². The maximum atomic E-state index is 12.3. The van der Waals surface area contributed by atoms with Gasteiger partial charge >= 0.3 is 5.97 Å². The lowest BCUT2D eigenvalue weighted by Crippen LogP contribution is -2.45. The fourth-order valence-corrected chi connectivity index (χ4v) is 5.96. The number of nitrogens with one attached hydrogen (secondary N) is 1. The summed E-state index contributed by atoms with van der Waals surface area (Å²) >= 11 is 0. The van der Waals surface area contributed by atoms with Crippen LogP contribution in [0.5, 0.6) is 0 Å². The van der Waals surface area contributed by atoms with Crippen molar-refractivity contribution in [3.63, 3.8) is 0 Å². The Morgan fingerprint density at radius 2 is 1.00 bits per heavy atom. The van der Waals surface area contributed by atoms with E-state index in [1.54, 1.807) is 0 Å². The number of amides is 1. The van der Waals surface area contributed by atoms with Gasteiger partial charge in [0.2, 0.25) is 5.91 Å². The van der Waals surface area contributed by atoms with E-state index < -0.39 is 12.1 Å². The molecule has 0 aliphatic rings. The minimum atomic E-state index is -0.683. The zero-order chi connectivity index (χ0) is 35.2. The number of ether oxygens (including phenoxy) is 1. The third kappa shape index (κ3) is 34.2. The summed E-state index contributed by atoms with van der Waals surface area (Å²) in [6, 6.07) is -0.564. The first-order chi connectivity index (χ1) is 23.5. The molecule has 0 radical (unpaired) electrons. The average molecular weight is 678 g/mol. The van der Waals surface area contributed by atoms with E-state index in [4.69, 9.17) is 4.74 Å². The molecule has 6 nitrogen and oxygen atoms in total. The molecule has 0 aromatic carbocycles. The minimum absolute atomic E-state index is 0.0488. The van der Waals surface area contributed by atoms with Crippen molar-refractivity contribution in [3.05, 3.63) is 24.3 Å². The van der Waals surface area contributed by atoms with E-state index in [0.29, 0.717) is 25.9 Å². The van der Waals surface area contributed by atoms with Crippen LogP contribution in [0.3, 0.4) is 0 Å². The molecule has 3 N–H and O–H groups in total. The number of allylic oxidation sites excluding steroid dienone is 4. The van der Waals surface area contributed by atoms with Gasteiger partial charge in [0.15, 0.2) is 0 Å². The quantitative estimate of drug-likeness (QED) is 0.0345. The Morgan fingerprint density at radius 3 is 1.54 bits per heavy atom. The molecule has 2 atom stereocenters. The van der Waals surface area contributed by atoms with Gasteiger partial charge < -0.3 is 20.3 Å². The maximum absolute atomic E-state index is 12.3. The molecule has 2 unspecified atom stereocenters. The van der Waals surface area contributed by atoms with Crippen LogP contribution in [-0.4, -0.2) is 47.4 Å². The summed E-state index contributed by atoms with van der Waals surface area (Å²) in [5, 5.41) is 23.0. The SMILES string of the molecule is CCCC/C=C\CCCCCCCC(=O)OCCCC/C=C\CCCCCCC(=O)NC(CO)C(O)CCCCCCCCCCCC. The molecular formula is C42H79NO5. The van der Waals surface area contributed by atoms with E-state index in [1.165, 1.54) is 96.3 Å². The van der Waals surface area contributed by atoms with E-state index in [0.717, 1.165) is 77.0 Å². The predicted octanol–water partition coefficient (Wildman–Crippen LogP) is 11.2. The topological polar surface area (TPSA) is 95.9 Å². The van der Waals surface area contributed by atoms with Gasteiger partial charge in [-0.25, -0.2) is 0 Å². The van der Waals surface area contributed by atoms with E-state index in [-0.39, 0.29) is 18.5 Å². The molecule has 0 spiro atoms. The highest BCUT2D eigenvalue weighted by Crippen LogP contribution is 2.14. The lowest BCUT2D eigenvalue weighted by Gasteiger charge is -2.22. The molecule has 0 saturated heterocycles. The zero-order valence-corrected chi connectivity index (χ0v) is 31.7. The van der Waals surface area contributed by atoms with Crippen LogP contribution in [-0.2, 0) is 14.3 Å². The summed E-state index contributed by atoms with van der Waals surface area (Å²) < 4.78 is 5.39. The van der Waals surface area contributed by atoms with Gasteiger partial charge in [-0.1, -0.05) is 147 Å². The monoisotopic (exact) mass is 678 g/mol. The van der Waals surface area contributed by atoms with Crippen LogP contribution >= 0.6 is 0 Å². The Kier molecular flexibility index (Phi) is 36.8. The first-order valence-electron chi connectivity index (χ1n) is 20.6. The molecule has 6 heteroatoms. The predicted molar refractivity (Wildman–Crippen MR) is 204 cm³/mol. The second kappa shape index (κ2) is 38.1. The first-order valence-corrected chi connectivity index (χ1v) is 20.6. The van der Waals surface area contributed by atoms with Crippen LogP contribution in [0.4, 0.5) is 0 Å². The summed E-state index contributed by atoms with van der Waals surface area (Å²) in [4.78, 5) is 24.3.